The summed E-state index contributed by atoms with van der Waals surface area (Å²) in [6.07, 6.45) is 0.289. The van der Waals surface area contributed by atoms with Gasteiger partial charge in [0, 0.05) is 17.5 Å². The molecule has 0 spiro atoms. The van der Waals surface area contributed by atoms with Crippen LogP contribution in [0.2, 0.25) is 10.0 Å². The zero-order chi connectivity index (χ0) is 26.8. The fourth-order valence-electron chi connectivity index (χ4n) is 3.18. The molecule has 0 fully saturated rings. The second-order valence-corrected chi connectivity index (χ2v) is 10.9. The molecule has 1 atom stereocenters. The summed E-state index contributed by atoms with van der Waals surface area (Å²) in [7, 11) is -3.80. The second kappa shape index (κ2) is 13.7. The molecule has 0 saturated heterocycles. The molecule has 14 heteroatoms. The summed E-state index contributed by atoms with van der Waals surface area (Å²) >= 11 is 13.3. The lowest BCUT2D eigenvalue weighted by Gasteiger charge is -2.17. The van der Waals surface area contributed by atoms with Gasteiger partial charge in [0.1, 0.15) is 12.6 Å². The maximum Gasteiger partial charge on any atom is 0.408 e. The SMILES string of the molecule is NS(=O)(=O)NCCCC[C@H](NC(=O)OCc1ccccc1)C(=O)Nc1nc(-c2ccc(Cl)c(Cl)c2)cs1. The summed E-state index contributed by atoms with van der Waals surface area (Å²) in [5, 5.41) is 13.1. The quantitative estimate of drug-likeness (QED) is 0.232. The van der Waals surface area contributed by atoms with Gasteiger partial charge >= 0.3 is 6.09 Å². The van der Waals surface area contributed by atoms with Crippen molar-refractivity contribution in [2.45, 2.75) is 31.9 Å². The van der Waals surface area contributed by atoms with Gasteiger partial charge in [0.05, 0.1) is 15.7 Å². The Morgan fingerprint density at radius 1 is 1.08 bits per heavy atom. The topological polar surface area (TPSA) is 153 Å². The van der Waals surface area contributed by atoms with Crippen LogP contribution in [0.25, 0.3) is 11.3 Å². The van der Waals surface area contributed by atoms with Gasteiger partial charge in [-0.15, -0.1) is 11.3 Å². The van der Waals surface area contributed by atoms with Crippen molar-refractivity contribution in [3.8, 4) is 11.3 Å². The fourth-order valence-corrected chi connectivity index (χ4v) is 4.63. The number of carbonyl (C=O) groups excluding carboxylic acids is 2. The van der Waals surface area contributed by atoms with Crippen molar-refractivity contribution in [3.05, 3.63) is 69.5 Å². The molecule has 198 valence electrons. The predicted octanol–water partition coefficient (Wildman–Crippen LogP) is 4.31. The van der Waals surface area contributed by atoms with Crippen LogP contribution in [0.5, 0.6) is 0 Å². The average Bonchev–Trinajstić information content (AvgIpc) is 3.32. The number of thiazole rings is 1. The molecule has 0 aliphatic rings. The van der Waals surface area contributed by atoms with Crippen molar-refractivity contribution in [3.63, 3.8) is 0 Å². The predicted molar refractivity (Wildman–Crippen MR) is 145 cm³/mol. The van der Waals surface area contributed by atoms with Gasteiger partial charge in [-0.25, -0.2) is 19.6 Å². The number of amides is 2. The highest BCUT2D eigenvalue weighted by molar-refractivity contribution is 7.87. The maximum atomic E-state index is 13.0. The number of carbonyl (C=O) groups is 2. The molecule has 3 rings (SSSR count). The minimum atomic E-state index is -3.80. The Bertz CT molecular complexity index is 1320. The Hall–Kier alpha value is -2.74. The second-order valence-electron chi connectivity index (χ2n) is 7.85. The molecule has 0 bridgehead atoms. The minimum absolute atomic E-state index is 0.0405. The zero-order valence-electron chi connectivity index (χ0n) is 19.4. The molecule has 2 amide bonds. The van der Waals surface area contributed by atoms with Crippen molar-refractivity contribution in [2.24, 2.45) is 5.14 Å². The number of nitrogens with one attached hydrogen (secondary N) is 3. The van der Waals surface area contributed by atoms with Gasteiger partial charge in [-0.2, -0.15) is 8.42 Å². The van der Waals surface area contributed by atoms with Crippen LogP contribution < -0.4 is 20.5 Å². The van der Waals surface area contributed by atoms with Gasteiger partial charge in [-0.3, -0.25) is 4.79 Å². The molecular weight excluding hydrogens is 561 g/mol. The summed E-state index contributed by atoms with van der Waals surface area (Å²) in [6, 6.07) is 13.3. The fraction of sp³-hybridized carbons (Fsp3) is 0.261. The number of ether oxygens (including phenoxy) is 1. The molecule has 0 saturated carbocycles. The van der Waals surface area contributed by atoms with E-state index in [0.717, 1.165) is 11.1 Å². The van der Waals surface area contributed by atoms with Crippen molar-refractivity contribution in [1.82, 2.24) is 15.0 Å². The normalized spacial score (nSPS) is 12.1. The number of alkyl carbamates (subject to hydrolysis) is 1. The Kier molecular flexibility index (Phi) is 10.7. The number of aromatic nitrogens is 1. The Balaban J connectivity index is 1.62. The standard InChI is InChI=1S/C23H25Cl2N5O5S2/c24-17-10-9-16(12-18(17)25)20-14-36-22(28-20)30-21(31)19(8-4-5-11-27-37(26,33)34)29-23(32)35-13-15-6-2-1-3-7-15/h1-3,6-7,9-10,12,14,19,27H,4-5,8,11,13H2,(H,29,32)(H2,26,33,34)(H,28,30,31)/t19-/m0/s1. The van der Waals surface area contributed by atoms with Gasteiger partial charge in [0.25, 0.3) is 10.2 Å². The molecule has 0 unspecified atom stereocenters. The molecule has 2 aromatic carbocycles. The number of rotatable bonds is 12. The monoisotopic (exact) mass is 585 g/mol. The number of nitrogens with zero attached hydrogens (tertiary/aromatic N) is 1. The molecule has 0 aliphatic carbocycles. The van der Waals surface area contributed by atoms with Gasteiger partial charge < -0.3 is 15.4 Å². The first-order chi connectivity index (χ1) is 17.6. The number of benzene rings is 2. The summed E-state index contributed by atoms with van der Waals surface area (Å²) in [5.41, 5.74) is 2.12. The Morgan fingerprint density at radius 3 is 2.54 bits per heavy atom. The van der Waals surface area contributed by atoms with E-state index in [1.165, 1.54) is 11.3 Å². The van der Waals surface area contributed by atoms with Gasteiger partial charge in [-0.1, -0.05) is 59.6 Å². The highest BCUT2D eigenvalue weighted by Crippen LogP contribution is 2.30. The van der Waals surface area contributed by atoms with E-state index in [9.17, 15) is 18.0 Å². The van der Waals surface area contributed by atoms with Crippen LogP contribution in [0.4, 0.5) is 9.93 Å². The number of halogens is 2. The summed E-state index contributed by atoms with van der Waals surface area (Å²) in [5.74, 6) is -0.494. The lowest BCUT2D eigenvalue weighted by Crippen LogP contribution is -2.44. The van der Waals surface area contributed by atoms with E-state index < -0.39 is 28.3 Å². The zero-order valence-corrected chi connectivity index (χ0v) is 22.6. The first kappa shape index (κ1) is 28.8. The Morgan fingerprint density at radius 2 is 1.84 bits per heavy atom. The van der Waals surface area contributed by atoms with Crippen LogP contribution in [-0.4, -0.2) is 38.0 Å². The van der Waals surface area contributed by atoms with E-state index in [2.05, 4.69) is 20.3 Å². The van der Waals surface area contributed by atoms with E-state index in [-0.39, 0.29) is 19.6 Å². The van der Waals surface area contributed by atoms with Crippen LogP contribution in [0, 0.1) is 0 Å². The minimum Gasteiger partial charge on any atom is -0.445 e. The molecule has 5 N–H and O–H groups in total. The van der Waals surface area contributed by atoms with Crippen LogP contribution in [0.1, 0.15) is 24.8 Å². The van der Waals surface area contributed by atoms with E-state index in [0.29, 0.717) is 33.7 Å². The summed E-state index contributed by atoms with van der Waals surface area (Å²) < 4.78 is 29.5. The molecule has 0 aliphatic heterocycles. The van der Waals surface area contributed by atoms with Crippen LogP contribution in [0.15, 0.2) is 53.9 Å². The molecule has 37 heavy (non-hydrogen) atoms. The van der Waals surface area contributed by atoms with Crippen LogP contribution >= 0.6 is 34.5 Å². The number of hydrogen-bond acceptors (Lipinski definition) is 7. The molecule has 10 nitrogen and oxygen atoms in total. The highest BCUT2D eigenvalue weighted by atomic mass is 35.5. The highest BCUT2D eigenvalue weighted by Gasteiger charge is 2.22. The third-order valence-corrected chi connectivity index (χ3v) is 7.10. The van der Waals surface area contributed by atoms with Crippen molar-refractivity contribution in [1.29, 1.82) is 0 Å². The van der Waals surface area contributed by atoms with Gasteiger partial charge in [0.15, 0.2) is 5.13 Å². The number of unbranched alkanes of at least 4 members (excludes halogenated alkanes) is 1. The number of nitrogens with two attached hydrogens (primary N) is 1. The summed E-state index contributed by atoms with van der Waals surface area (Å²) in [4.78, 5) is 29.8. The van der Waals surface area contributed by atoms with Crippen molar-refractivity contribution < 1.29 is 22.7 Å². The van der Waals surface area contributed by atoms with Crippen molar-refractivity contribution >= 4 is 61.9 Å². The first-order valence-electron chi connectivity index (χ1n) is 11.1. The molecular formula is C23H25Cl2N5O5S2. The lowest BCUT2D eigenvalue weighted by atomic mass is 10.1. The largest absolute Gasteiger partial charge is 0.445 e. The van der Waals surface area contributed by atoms with Crippen LogP contribution in [-0.2, 0) is 26.3 Å². The van der Waals surface area contributed by atoms with E-state index >= 15 is 0 Å². The lowest BCUT2D eigenvalue weighted by molar-refractivity contribution is -0.118. The first-order valence-corrected chi connectivity index (χ1v) is 14.3. The molecule has 1 aromatic heterocycles. The summed E-state index contributed by atoms with van der Waals surface area (Å²) in [6.45, 7) is 0.143. The number of hydrogen-bond donors (Lipinski definition) is 4. The van der Waals surface area contributed by atoms with Crippen LogP contribution in [0.3, 0.4) is 0 Å². The van der Waals surface area contributed by atoms with Crippen molar-refractivity contribution in [2.75, 3.05) is 11.9 Å². The van der Waals surface area contributed by atoms with E-state index in [1.54, 1.807) is 23.6 Å². The smallest absolute Gasteiger partial charge is 0.408 e. The number of anilines is 1. The molecule has 0 radical (unpaired) electrons. The van der Waals surface area contributed by atoms with Gasteiger partial charge in [0.2, 0.25) is 5.91 Å². The third-order valence-electron chi connectivity index (χ3n) is 4.99. The molecule has 1 heterocycles. The van der Waals surface area contributed by atoms with E-state index in [1.807, 2.05) is 30.3 Å². The Labute approximate surface area is 228 Å². The van der Waals surface area contributed by atoms with E-state index in [4.69, 9.17) is 33.1 Å². The molecule has 3 aromatic rings. The third kappa shape index (κ3) is 9.91. The average molecular weight is 587 g/mol. The van der Waals surface area contributed by atoms with Gasteiger partial charge in [-0.05, 0) is 37.0 Å². The maximum absolute atomic E-state index is 13.0.